The third-order valence-electron chi connectivity index (χ3n) is 1.52. The highest BCUT2D eigenvalue weighted by Gasteiger charge is 2.05. The quantitative estimate of drug-likeness (QED) is 0.893. The Labute approximate surface area is 105 Å². The zero-order valence-corrected chi connectivity index (χ0v) is 11.6. The Kier molecular flexibility index (Phi) is 4.57. The molecule has 7 heteroatoms. The molecule has 0 aliphatic carbocycles. The molecule has 0 unspecified atom stereocenters. The molecule has 0 heterocycles. The zero-order chi connectivity index (χ0) is 11.5. The summed E-state index contributed by atoms with van der Waals surface area (Å²) in [5, 5.41) is 4.83. The molecule has 0 aliphatic rings. The van der Waals surface area contributed by atoms with Gasteiger partial charge < -0.3 is 4.74 Å². The Balaban J connectivity index is 2.59. The fourth-order valence-corrected chi connectivity index (χ4v) is 2.34. The van der Waals surface area contributed by atoms with Crippen molar-refractivity contribution in [3.63, 3.8) is 0 Å². The molecule has 0 atom stereocenters. The zero-order valence-electron chi connectivity index (χ0n) is 7.61. The van der Waals surface area contributed by atoms with E-state index in [4.69, 9.17) is 9.88 Å². The van der Waals surface area contributed by atoms with E-state index in [2.05, 4.69) is 31.9 Å². The maximum Gasteiger partial charge on any atom is 0.212 e. The van der Waals surface area contributed by atoms with Gasteiger partial charge in [-0.1, -0.05) is 15.9 Å². The number of hydrogen-bond acceptors (Lipinski definition) is 3. The third-order valence-corrected chi connectivity index (χ3v) is 3.37. The van der Waals surface area contributed by atoms with E-state index in [1.165, 1.54) is 0 Å². The lowest BCUT2D eigenvalue weighted by Gasteiger charge is -2.07. The molecule has 0 aromatic heterocycles. The van der Waals surface area contributed by atoms with Crippen LogP contribution >= 0.6 is 31.9 Å². The third kappa shape index (κ3) is 4.96. The summed E-state index contributed by atoms with van der Waals surface area (Å²) in [5.41, 5.74) is 0. The van der Waals surface area contributed by atoms with Crippen LogP contribution in [-0.4, -0.2) is 20.8 Å². The van der Waals surface area contributed by atoms with Crippen LogP contribution in [0.15, 0.2) is 27.1 Å². The fraction of sp³-hybridized carbons (Fsp3) is 0.250. The Morgan fingerprint density at radius 3 is 2.53 bits per heavy atom. The van der Waals surface area contributed by atoms with E-state index in [0.29, 0.717) is 5.75 Å². The normalized spacial score (nSPS) is 11.4. The molecule has 1 aromatic carbocycles. The van der Waals surface area contributed by atoms with Crippen LogP contribution in [0, 0.1) is 0 Å². The monoisotopic (exact) mass is 357 g/mol. The molecule has 4 nitrogen and oxygen atoms in total. The minimum absolute atomic E-state index is 0.0407. The predicted octanol–water partition coefficient (Wildman–Crippen LogP) is 1.88. The molecule has 0 saturated heterocycles. The molecule has 0 saturated carbocycles. The van der Waals surface area contributed by atoms with Gasteiger partial charge >= 0.3 is 0 Å². The maximum atomic E-state index is 10.6. The Morgan fingerprint density at radius 1 is 1.33 bits per heavy atom. The van der Waals surface area contributed by atoms with Gasteiger partial charge in [-0.2, -0.15) is 0 Å². The smallest absolute Gasteiger partial charge is 0.212 e. The van der Waals surface area contributed by atoms with E-state index in [1.54, 1.807) is 12.1 Å². The van der Waals surface area contributed by atoms with Gasteiger partial charge in [-0.25, -0.2) is 13.6 Å². The number of primary sulfonamides is 1. The molecule has 1 rings (SSSR count). The van der Waals surface area contributed by atoms with Crippen molar-refractivity contribution >= 4 is 41.9 Å². The number of ether oxygens (including phenoxy) is 1. The first-order valence-corrected chi connectivity index (χ1v) is 7.27. The highest BCUT2D eigenvalue weighted by molar-refractivity contribution is 9.11. The summed E-state index contributed by atoms with van der Waals surface area (Å²) >= 11 is 6.59. The molecule has 2 N–H and O–H groups in total. The number of sulfonamides is 1. The number of benzene rings is 1. The summed E-state index contributed by atoms with van der Waals surface area (Å²) in [6.07, 6.45) is 0. The number of nitrogens with two attached hydrogens (primary N) is 1. The molecular weight excluding hydrogens is 350 g/mol. The van der Waals surface area contributed by atoms with Crippen molar-refractivity contribution in [3.8, 4) is 5.75 Å². The summed E-state index contributed by atoms with van der Waals surface area (Å²) in [6.45, 7) is 0.0407. The van der Waals surface area contributed by atoms with Gasteiger partial charge in [-0.05, 0) is 34.1 Å². The van der Waals surface area contributed by atoms with Crippen molar-refractivity contribution in [2.75, 3.05) is 12.4 Å². The van der Waals surface area contributed by atoms with Gasteiger partial charge in [0.15, 0.2) is 0 Å². The van der Waals surface area contributed by atoms with Crippen molar-refractivity contribution < 1.29 is 13.2 Å². The SMILES string of the molecule is NS(=O)(=O)CCOc1ccc(Br)cc1Br. The second kappa shape index (κ2) is 5.29. The average Bonchev–Trinajstić information content (AvgIpc) is 2.07. The number of hydrogen-bond donors (Lipinski definition) is 1. The summed E-state index contributed by atoms with van der Waals surface area (Å²) in [7, 11) is -3.46. The molecule has 0 fully saturated rings. The standard InChI is InChI=1S/C8H9Br2NO3S/c9-6-1-2-8(7(10)5-6)14-3-4-15(11,12)13/h1-2,5H,3-4H2,(H2,11,12,13). The molecule has 84 valence electrons. The van der Waals surface area contributed by atoms with E-state index in [0.717, 1.165) is 8.95 Å². The van der Waals surface area contributed by atoms with Crippen molar-refractivity contribution in [1.82, 2.24) is 0 Å². The van der Waals surface area contributed by atoms with Crippen molar-refractivity contribution in [3.05, 3.63) is 27.1 Å². The Hall–Kier alpha value is -0.110. The summed E-state index contributed by atoms with van der Waals surface area (Å²) in [4.78, 5) is 0. The Bertz CT molecular complexity index is 447. The van der Waals surface area contributed by atoms with Gasteiger partial charge in [0.25, 0.3) is 0 Å². The van der Waals surface area contributed by atoms with Gasteiger partial charge in [0.1, 0.15) is 12.4 Å². The van der Waals surface area contributed by atoms with E-state index < -0.39 is 10.0 Å². The molecule has 0 spiro atoms. The van der Waals surface area contributed by atoms with Crippen molar-refractivity contribution in [1.29, 1.82) is 0 Å². The van der Waals surface area contributed by atoms with Gasteiger partial charge in [0.05, 0.1) is 10.2 Å². The summed E-state index contributed by atoms with van der Waals surface area (Å²) in [5.74, 6) is 0.386. The predicted molar refractivity (Wildman–Crippen MR) is 65.3 cm³/mol. The van der Waals surface area contributed by atoms with Crippen LogP contribution in [-0.2, 0) is 10.0 Å². The highest BCUT2D eigenvalue weighted by atomic mass is 79.9. The van der Waals surface area contributed by atoms with Crippen LogP contribution in [0.2, 0.25) is 0 Å². The first-order chi connectivity index (χ1) is 6.88. The lowest BCUT2D eigenvalue weighted by molar-refractivity contribution is 0.338. The van der Waals surface area contributed by atoms with Crippen LogP contribution < -0.4 is 9.88 Å². The van der Waals surface area contributed by atoms with Gasteiger partial charge in [0, 0.05) is 4.47 Å². The minimum atomic E-state index is -3.46. The highest BCUT2D eigenvalue weighted by Crippen LogP contribution is 2.27. The second-order valence-electron chi connectivity index (χ2n) is 2.79. The molecule has 0 bridgehead atoms. The van der Waals surface area contributed by atoms with Crippen LogP contribution in [0.25, 0.3) is 0 Å². The maximum absolute atomic E-state index is 10.6. The van der Waals surface area contributed by atoms with E-state index in [-0.39, 0.29) is 12.4 Å². The largest absolute Gasteiger partial charge is 0.491 e. The first-order valence-electron chi connectivity index (χ1n) is 3.97. The lowest BCUT2D eigenvalue weighted by atomic mass is 10.3. The van der Waals surface area contributed by atoms with E-state index >= 15 is 0 Å². The second-order valence-corrected chi connectivity index (χ2v) is 6.29. The van der Waals surface area contributed by atoms with Gasteiger partial charge in [-0.3, -0.25) is 0 Å². The Morgan fingerprint density at radius 2 is 2.00 bits per heavy atom. The van der Waals surface area contributed by atoms with Crippen molar-refractivity contribution in [2.45, 2.75) is 0 Å². The minimum Gasteiger partial charge on any atom is -0.491 e. The van der Waals surface area contributed by atoms with E-state index in [9.17, 15) is 8.42 Å². The van der Waals surface area contributed by atoms with Crippen LogP contribution in [0.4, 0.5) is 0 Å². The summed E-state index contributed by atoms with van der Waals surface area (Å²) in [6, 6.07) is 5.35. The summed E-state index contributed by atoms with van der Waals surface area (Å²) < 4.78 is 28.2. The van der Waals surface area contributed by atoms with E-state index in [1.807, 2.05) is 6.07 Å². The molecule has 0 radical (unpaired) electrons. The van der Waals surface area contributed by atoms with Crippen LogP contribution in [0.5, 0.6) is 5.75 Å². The van der Waals surface area contributed by atoms with Crippen LogP contribution in [0.3, 0.4) is 0 Å². The molecular formula is C8H9Br2NO3S. The topological polar surface area (TPSA) is 69.4 Å². The lowest BCUT2D eigenvalue weighted by Crippen LogP contribution is -2.21. The average molecular weight is 359 g/mol. The molecule has 0 amide bonds. The number of halogens is 2. The van der Waals surface area contributed by atoms with Crippen LogP contribution in [0.1, 0.15) is 0 Å². The molecule has 0 aliphatic heterocycles. The van der Waals surface area contributed by atoms with Crippen molar-refractivity contribution in [2.24, 2.45) is 5.14 Å². The number of rotatable bonds is 4. The first kappa shape index (κ1) is 13.0. The van der Waals surface area contributed by atoms with Gasteiger partial charge in [0.2, 0.25) is 10.0 Å². The molecule has 1 aromatic rings. The van der Waals surface area contributed by atoms with Gasteiger partial charge in [-0.15, -0.1) is 0 Å². The fourth-order valence-electron chi connectivity index (χ4n) is 0.860. The molecule has 15 heavy (non-hydrogen) atoms.